The summed E-state index contributed by atoms with van der Waals surface area (Å²) in [5.74, 6) is 0.706. The average Bonchev–Trinajstić information content (AvgIpc) is 3.14. The van der Waals surface area contributed by atoms with Crippen LogP contribution in [0.1, 0.15) is 0 Å². The maximum Gasteiger partial charge on any atom is 0.160 e. The van der Waals surface area contributed by atoms with Gasteiger partial charge in [-0.05, 0) is 46.2 Å². The minimum atomic E-state index is 0.706. The van der Waals surface area contributed by atoms with Crippen LogP contribution in [0.5, 0.6) is 0 Å². The van der Waals surface area contributed by atoms with Gasteiger partial charge in [0.1, 0.15) is 0 Å². The molecule has 0 bridgehead atoms. The van der Waals surface area contributed by atoms with Crippen molar-refractivity contribution >= 4 is 43.4 Å². The van der Waals surface area contributed by atoms with E-state index < -0.39 is 0 Å². The number of pyridine rings is 1. The van der Waals surface area contributed by atoms with Crippen LogP contribution in [0.3, 0.4) is 0 Å². The third-order valence-corrected chi connectivity index (χ3v) is 8.83. The van der Waals surface area contributed by atoms with Crippen molar-refractivity contribution in [3.63, 3.8) is 0 Å². The molecule has 0 N–H and O–H groups in total. The van der Waals surface area contributed by atoms with Gasteiger partial charge in [0.15, 0.2) is 5.82 Å². The number of rotatable bonds is 4. The van der Waals surface area contributed by atoms with Gasteiger partial charge in [-0.3, -0.25) is 0 Å². The second kappa shape index (κ2) is 10.8. The van der Waals surface area contributed by atoms with Crippen LogP contribution in [0.4, 0.5) is 0 Å². The van der Waals surface area contributed by atoms with Crippen LogP contribution in [-0.2, 0) is 0 Å². The molecule has 7 aromatic carbocycles. The highest BCUT2D eigenvalue weighted by Gasteiger charge is 2.16. The molecule has 0 aliphatic carbocycles. The minimum Gasteiger partial charge on any atom is -0.247 e. The van der Waals surface area contributed by atoms with Crippen LogP contribution in [0.25, 0.3) is 88.4 Å². The minimum absolute atomic E-state index is 0.706. The summed E-state index contributed by atoms with van der Waals surface area (Å²) in [6.45, 7) is 0. The Hall–Kier alpha value is -6.19. The molecule has 9 rings (SSSR count). The highest BCUT2D eigenvalue weighted by atomic mass is 14.9. The summed E-state index contributed by atoms with van der Waals surface area (Å²) >= 11 is 0. The normalized spacial score (nSPS) is 11.5. The topological polar surface area (TPSA) is 38.7 Å². The average molecular weight is 586 g/mol. The molecule has 2 heterocycles. The van der Waals surface area contributed by atoms with Crippen LogP contribution >= 0.6 is 0 Å². The third kappa shape index (κ3) is 4.41. The first-order valence-electron chi connectivity index (χ1n) is 15.5. The van der Waals surface area contributed by atoms with Gasteiger partial charge in [-0.25, -0.2) is 15.0 Å². The summed E-state index contributed by atoms with van der Waals surface area (Å²) < 4.78 is 0. The van der Waals surface area contributed by atoms with Crippen molar-refractivity contribution in [3.05, 3.63) is 164 Å². The Morgan fingerprint density at radius 3 is 1.67 bits per heavy atom. The molecule has 0 radical (unpaired) electrons. The van der Waals surface area contributed by atoms with Crippen LogP contribution in [-0.4, -0.2) is 15.0 Å². The summed E-state index contributed by atoms with van der Waals surface area (Å²) in [5.41, 5.74) is 9.15. The lowest BCUT2D eigenvalue weighted by molar-refractivity contribution is 1.23. The predicted octanol–water partition coefficient (Wildman–Crippen LogP) is 11.2. The first-order chi connectivity index (χ1) is 22.8. The quantitative estimate of drug-likeness (QED) is 0.193. The van der Waals surface area contributed by atoms with Gasteiger partial charge in [0.05, 0.1) is 22.4 Å². The molecule has 0 saturated heterocycles. The monoisotopic (exact) mass is 585 g/mol. The number of hydrogen-bond acceptors (Lipinski definition) is 3. The lowest BCUT2D eigenvalue weighted by atomic mass is 9.94. The van der Waals surface area contributed by atoms with Crippen LogP contribution in [0.2, 0.25) is 0 Å². The highest BCUT2D eigenvalue weighted by molar-refractivity contribution is 6.22. The van der Waals surface area contributed by atoms with E-state index in [-0.39, 0.29) is 0 Å². The molecule has 9 aromatic rings. The molecule has 0 unspecified atom stereocenters. The van der Waals surface area contributed by atoms with E-state index in [9.17, 15) is 0 Å². The van der Waals surface area contributed by atoms with Crippen molar-refractivity contribution < 1.29 is 0 Å². The summed E-state index contributed by atoms with van der Waals surface area (Å²) in [5, 5.41) is 7.02. The van der Waals surface area contributed by atoms with E-state index in [0.29, 0.717) is 5.82 Å². The molecule has 0 atom stereocenters. The van der Waals surface area contributed by atoms with Gasteiger partial charge in [0, 0.05) is 38.2 Å². The molecule has 0 aliphatic rings. The molecule has 3 heteroatoms. The van der Waals surface area contributed by atoms with E-state index in [1.54, 1.807) is 0 Å². The molecule has 46 heavy (non-hydrogen) atoms. The van der Waals surface area contributed by atoms with E-state index >= 15 is 0 Å². The number of benzene rings is 7. The molecule has 0 amide bonds. The van der Waals surface area contributed by atoms with E-state index in [4.69, 9.17) is 15.0 Å². The number of nitrogens with zero attached hydrogens (tertiary/aromatic N) is 3. The van der Waals surface area contributed by atoms with Crippen molar-refractivity contribution in [2.45, 2.75) is 0 Å². The Bertz CT molecular complexity index is 2570. The van der Waals surface area contributed by atoms with E-state index in [0.717, 1.165) is 55.4 Å². The van der Waals surface area contributed by atoms with Gasteiger partial charge in [-0.15, -0.1) is 0 Å². The molecule has 214 valence electrons. The number of aromatic nitrogens is 3. The van der Waals surface area contributed by atoms with Crippen LogP contribution in [0.15, 0.2) is 164 Å². The Morgan fingerprint density at radius 2 is 0.870 bits per heavy atom. The fraction of sp³-hybridized carbons (Fsp3) is 0. The molecular weight excluding hydrogens is 558 g/mol. The van der Waals surface area contributed by atoms with E-state index in [1.807, 2.05) is 12.1 Å². The number of para-hydroxylation sites is 2. The zero-order chi connectivity index (χ0) is 30.5. The zero-order valence-corrected chi connectivity index (χ0v) is 24.9. The van der Waals surface area contributed by atoms with Crippen molar-refractivity contribution in [1.82, 2.24) is 15.0 Å². The second-order valence-corrected chi connectivity index (χ2v) is 11.6. The molecule has 0 spiro atoms. The maximum absolute atomic E-state index is 5.25. The van der Waals surface area contributed by atoms with Crippen molar-refractivity contribution in [3.8, 4) is 45.0 Å². The van der Waals surface area contributed by atoms with E-state index in [2.05, 4.69) is 152 Å². The van der Waals surface area contributed by atoms with Crippen LogP contribution in [0, 0.1) is 0 Å². The Morgan fingerprint density at radius 1 is 0.304 bits per heavy atom. The van der Waals surface area contributed by atoms with Gasteiger partial charge in [-0.2, -0.15) is 0 Å². The highest BCUT2D eigenvalue weighted by Crippen LogP contribution is 2.38. The number of fused-ring (bicyclic) bond motifs is 6. The fourth-order valence-corrected chi connectivity index (χ4v) is 6.65. The molecular formula is C43H27N3. The molecule has 0 fully saturated rings. The molecule has 0 aliphatic heterocycles. The van der Waals surface area contributed by atoms with Crippen molar-refractivity contribution in [2.75, 3.05) is 0 Å². The molecule has 0 saturated carbocycles. The van der Waals surface area contributed by atoms with E-state index in [1.165, 1.54) is 27.1 Å². The Kier molecular flexibility index (Phi) is 6.14. The lowest BCUT2D eigenvalue weighted by Crippen LogP contribution is -1.96. The largest absolute Gasteiger partial charge is 0.247 e. The summed E-state index contributed by atoms with van der Waals surface area (Å²) in [6, 6.07) is 57.3. The number of hydrogen-bond donors (Lipinski definition) is 0. The molecule has 2 aromatic heterocycles. The van der Waals surface area contributed by atoms with Gasteiger partial charge < -0.3 is 0 Å². The Labute approximate surface area is 266 Å². The third-order valence-electron chi connectivity index (χ3n) is 8.83. The predicted molar refractivity (Wildman–Crippen MR) is 192 cm³/mol. The van der Waals surface area contributed by atoms with Gasteiger partial charge in [-0.1, -0.05) is 140 Å². The fourth-order valence-electron chi connectivity index (χ4n) is 6.65. The lowest BCUT2D eigenvalue weighted by Gasteiger charge is -2.14. The standard InChI is InChI=1S/C43H27N3/c1-2-12-28(13-3-1)30-15-10-18-33(26-30)43-45-39-23-9-7-21-36(39)41(46-43)31-16-11-17-32(27-31)42-37-25-24-29-14-4-5-19-34(29)40(37)35-20-6-8-22-38(35)44-42/h1-27H. The summed E-state index contributed by atoms with van der Waals surface area (Å²) in [6.07, 6.45) is 0. The van der Waals surface area contributed by atoms with Crippen molar-refractivity contribution in [2.24, 2.45) is 0 Å². The zero-order valence-electron chi connectivity index (χ0n) is 24.9. The van der Waals surface area contributed by atoms with Gasteiger partial charge >= 0.3 is 0 Å². The first kappa shape index (κ1) is 26.2. The smallest absolute Gasteiger partial charge is 0.160 e. The van der Waals surface area contributed by atoms with Gasteiger partial charge in [0.2, 0.25) is 0 Å². The summed E-state index contributed by atoms with van der Waals surface area (Å²) in [4.78, 5) is 15.5. The summed E-state index contributed by atoms with van der Waals surface area (Å²) in [7, 11) is 0. The van der Waals surface area contributed by atoms with Crippen molar-refractivity contribution in [1.29, 1.82) is 0 Å². The van der Waals surface area contributed by atoms with Gasteiger partial charge in [0.25, 0.3) is 0 Å². The SMILES string of the molecule is c1ccc(-c2cccc(-c3nc(-c4cccc(-c5nc6ccccc6c6c5ccc5ccccc56)c4)c4ccccc4n3)c2)cc1. The second-order valence-electron chi connectivity index (χ2n) is 11.6. The Balaban J connectivity index is 1.25. The first-order valence-corrected chi connectivity index (χ1v) is 15.5. The van der Waals surface area contributed by atoms with Crippen LogP contribution < -0.4 is 0 Å². The maximum atomic E-state index is 5.25. The molecule has 3 nitrogen and oxygen atoms in total.